The van der Waals surface area contributed by atoms with Gasteiger partial charge in [-0.15, -0.1) is 0 Å². The molecule has 7 aromatic rings. The van der Waals surface area contributed by atoms with Gasteiger partial charge in [-0.05, 0) is 92.5 Å². The Balaban J connectivity index is 1.10. The first-order valence-electron chi connectivity index (χ1n) is 15.1. The van der Waals surface area contributed by atoms with Crippen molar-refractivity contribution in [1.29, 1.82) is 0 Å². The van der Waals surface area contributed by atoms with Gasteiger partial charge >= 0.3 is 0 Å². The minimum Gasteiger partial charge on any atom is -0.264 e. The van der Waals surface area contributed by atoms with E-state index in [0.29, 0.717) is 5.92 Å². The monoisotopic (exact) mass is 562 g/mol. The van der Waals surface area contributed by atoms with Crippen LogP contribution in [-0.4, -0.2) is 9.97 Å². The van der Waals surface area contributed by atoms with E-state index >= 15 is 0 Å². The lowest BCUT2D eigenvalue weighted by Crippen LogP contribution is -1.92. The lowest BCUT2D eigenvalue weighted by atomic mass is 9.93. The fraction of sp³-hybridized carbons (Fsp3) is 0.0476. The Morgan fingerprint density at radius 1 is 0.409 bits per heavy atom. The van der Waals surface area contributed by atoms with E-state index in [9.17, 15) is 0 Å². The highest BCUT2D eigenvalue weighted by molar-refractivity contribution is 5.85. The molecule has 1 aliphatic carbocycles. The summed E-state index contributed by atoms with van der Waals surface area (Å²) >= 11 is 0. The lowest BCUT2D eigenvalue weighted by molar-refractivity contribution is 0.957. The summed E-state index contributed by atoms with van der Waals surface area (Å²) in [7, 11) is 0. The Morgan fingerprint density at radius 2 is 0.909 bits per heavy atom. The number of pyridine rings is 2. The van der Waals surface area contributed by atoms with Gasteiger partial charge in [0.1, 0.15) is 0 Å². The molecule has 1 unspecified atom stereocenters. The molecule has 2 nitrogen and oxygen atoms in total. The van der Waals surface area contributed by atoms with Crippen molar-refractivity contribution in [3.63, 3.8) is 0 Å². The first-order chi connectivity index (χ1) is 21.7. The Hall–Kier alpha value is -5.60. The molecule has 1 atom stereocenters. The molecule has 2 heteroatoms. The third-order valence-electron chi connectivity index (χ3n) is 8.83. The molecule has 0 bridgehead atoms. The van der Waals surface area contributed by atoms with Crippen molar-refractivity contribution in [3.05, 3.63) is 169 Å². The predicted molar refractivity (Wildman–Crippen MR) is 182 cm³/mol. The van der Waals surface area contributed by atoms with Gasteiger partial charge in [0.25, 0.3) is 0 Å². The molecule has 208 valence electrons. The third-order valence-corrected chi connectivity index (χ3v) is 8.83. The summed E-state index contributed by atoms with van der Waals surface area (Å²) in [5.74, 6) is 0.314. The van der Waals surface area contributed by atoms with Crippen LogP contribution in [0.4, 0.5) is 0 Å². The first kappa shape index (κ1) is 26.1. The molecule has 0 N–H and O–H groups in total. The van der Waals surface area contributed by atoms with Crippen molar-refractivity contribution in [2.24, 2.45) is 0 Å². The van der Waals surface area contributed by atoms with Crippen LogP contribution in [0, 0.1) is 0 Å². The average Bonchev–Trinajstić information content (AvgIpc) is 3.39. The first-order valence-corrected chi connectivity index (χ1v) is 15.1. The zero-order chi connectivity index (χ0) is 29.5. The number of aromatic nitrogens is 2. The van der Waals surface area contributed by atoms with Crippen LogP contribution in [0.3, 0.4) is 0 Å². The van der Waals surface area contributed by atoms with Crippen molar-refractivity contribution in [3.8, 4) is 67.0 Å². The Labute approximate surface area is 258 Å². The molecule has 0 saturated heterocycles. The zero-order valence-corrected chi connectivity index (χ0v) is 24.5. The Bertz CT molecular complexity index is 2130. The molecule has 0 saturated carbocycles. The van der Waals surface area contributed by atoms with E-state index in [0.717, 1.165) is 28.1 Å². The molecule has 2 aromatic heterocycles. The third kappa shape index (κ3) is 4.71. The van der Waals surface area contributed by atoms with E-state index < -0.39 is 0 Å². The fourth-order valence-electron chi connectivity index (χ4n) is 6.49. The highest BCUT2D eigenvalue weighted by atomic mass is 14.7. The number of benzene rings is 5. The summed E-state index contributed by atoms with van der Waals surface area (Å²) in [4.78, 5) is 9.30. The summed E-state index contributed by atoms with van der Waals surface area (Å²) in [6.07, 6.45) is 3.74. The number of hydrogen-bond donors (Lipinski definition) is 0. The molecule has 0 amide bonds. The number of hydrogen-bond acceptors (Lipinski definition) is 2. The largest absolute Gasteiger partial charge is 0.264 e. The van der Waals surface area contributed by atoms with Crippen LogP contribution in [0.15, 0.2) is 158 Å². The maximum Gasteiger partial charge on any atom is 0.0709 e. The van der Waals surface area contributed by atoms with Crippen molar-refractivity contribution in [1.82, 2.24) is 9.97 Å². The van der Waals surface area contributed by atoms with Crippen molar-refractivity contribution in [2.75, 3.05) is 0 Å². The normalized spacial score (nSPS) is 13.3. The minimum atomic E-state index is 0.314. The quantitative estimate of drug-likeness (QED) is 0.208. The van der Waals surface area contributed by atoms with E-state index in [1.807, 2.05) is 24.5 Å². The minimum absolute atomic E-state index is 0.314. The molecule has 8 rings (SSSR count). The van der Waals surface area contributed by atoms with Crippen LogP contribution in [0.2, 0.25) is 0 Å². The predicted octanol–water partition coefficient (Wildman–Crippen LogP) is 10.9. The Morgan fingerprint density at radius 3 is 1.55 bits per heavy atom. The molecule has 0 fully saturated rings. The molecular formula is C42H30N2. The molecule has 0 radical (unpaired) electrons. The van der Waals surface area contributed by atoms with Crippen LogP contribution in [0.1, 0.15) is 24.0 Å². The van der Waals surface area contributed by atoms with Gasteiger partial charge in [-0.25, -0.2) is 4.98 Å². The van der Waals surface area contributed by atoms with Crippen molar-refractivity contribution in [2.45, 2.75) is 12.8 Å². The summed E-state index contributed by atoms with van der Waals surface area (Å²) in [6, 6.07) is 52.1. The van der Waals surface area contributed by atoms with Gasteiger partial charge in [0.15, 0.2) is 0 Å². The van der Waals surface area contributed by atoms with E-state index in [-0.39, 0.29) is 0 Å². The van der Waals surface area contributed by atoms with Gasteiger partial charge in [0.2, 0.25) is 0 Å². The summed E-state index contributed by atoms with van der Waals surface area (Å²) in [6.45, 7) is 2.33. The van der Waals surface area contributed by atoms with Gasteiger partial charge < -0.3 is 0 Å². The second-order valence-electron chi connectivity index (χ2n) is 11.5. The van der Waals surface area contributed by atoms with E-state index in [4.69, 9.17) is 4.98 Å². The molecule has 1 aliphatic rings. The van der Waals surface area contributed by atoms with Crippen molar-refractivity contribution < 1.29 is 0 Å². The van der Waals surface area contributed by atoms with E-state index in [2.05, 4.69) is 145 Å². The Kier molecular flexibility index (Phi) is 6.46. The van der Waals surface area contributed by atoms with Gasteiger partial charge in [0, 0.05) is 35.0 Å². The van der Waals surface area contributed by atoms with Crippen molar-refractivity contribution >= 4 is 0 Å². The van der Waals surface area contributed by atoms with Gasteiger partial charge in [-0.2, -0.15) is 0 Å². The van der Waals surface area contributed by atoms with Crippen LogP contribution in [-0.2, 0) is 0 Å². The van der Waals surface area contributed by atoms with Crippen LogP contribution in [0.5, 0.6) is 0 Å². The lowest BCUT2D eigenvalue weighted by Gasteiger charge is -2.11. The molecule has 44 heavy (non-hydrogen) atoms. The number of nitrogens with zero attached hydrogens (tertiary/aromatic N) is 2. The maximum absolute atomic E-state index is 5.00. The summed E-state index contributed by atoms with van der Waals surface area (Å²) in [5, 5.41) is 0. The standard InChI is InChI=1S/C42H30N2/c1-28-39-25-33(30-11-5-13-32(23-30)36-15-8-22-43-27-36)18-20-37(39)38-21-19-34(26-40(28)38)31-12-6-14-35(24-31)42-17-7-16-41(44-42)29-9-3-2-4-10-29/h2-28H,1H3. The highest BCUT2D eigenvalue weighted by Gasteiger charge is 2.26. The van der Waals surface area contributed by atoms with Crippen LogP contribution < -0.4 is 0 Å². The van der Waals surface area contributed by atoms with Gasteiger partial charge in [0.05, 0.1) is 11.4 Å². The molecule has 5 aromatic carbocycles. The van der Waals surface area contributed by atoms with E-state index in [1.54, 1.807) is 0 Å². The second-order valence-corrected chi connectivity index (χ2v) is 11.5. The molecule has 0 aliphatic heterocycles. The summed E-state index contributed by atoms with van der Waals surface area (Å²) in [5.41, 5.74) is 16.9. The second kappa shape index (κ2) is 10.9. The smallest absolute Gasteiger partial charge is 0.0709 e. The number of rotatable bonds is 5. The fourth-order valence-corrected chi connectivity index (χ4v) is 6.49. The van der Waals surface area contributed by atoms with Gasteiger partial charge in [-0.3, -0.25) is 4.98 Å². The maximum atomic E-state index is 5.00. The summed E-state index contributed by atoms with van der Waals surface area (Å²) < 4.78 is 0. The topological polar surface area (TPSA) is 25.8 Å². The molecular weight excluding hydrogens is 532 g/mol. The van der Waals surface area contributed by atoms with E-state index in [1.165, 1.54) is 50.1 Å². The zero-order valence-electron chi connectivity index (χ0n) is 24.5. The number of fused-ring (bicyclic) bond motifs is 3. The molecule has 0 spiro atoms. The average molecular weight is 563 g/mol. The van der Waals surface area contributed by atoms with Gasteiger partial charge in [-0.1, -0.05) is 110 Å². The molecule has 2 heterocycles. The highest BCUT2D eigenvalue weighted by Crippen LogP contribution is 2.47. The SMILES string of the molecule is CC1c2cc(-c3cccc(-c4cccnc4)c3)ccc2-c2ccc(-c3cccc(-c4cccc(-c5ccccc5)n4)c3)cc21. The van der Waals surface area contributed by atoms with Crippen LogP contribution in [0.25, 0.3) is 67.0 Å². The van der Waals surface area contributed by atoms with Crippen LogP contribution >= 0.6 is 0 Å².